The Hall–Kier alpha value is -1.26. The van der Waals surface area contributed by atoms with Gasteiger partial charge in [-0.2, -0.15) is 4.98 Å². The molecule has 0 N–H and O–H groups in total. The van der Waals surface area contributed by atoms with E-state index >= 15 is 0 Å². The summed E-state index contributed by atoms with van der Waals surface area (Å²) in [6, 6.07) is 3.29. The van der Waals surface area contributed by atoms with Crippen LogP contribution >= 0.6 is 23.2 Å². The summed E-state index contributed by atoms with van der Waals surface area (Å²) in [5.41, 5.74) is 0.216. The molecule has 1 heterocycles. The lowest BCUT2D eigenvalue weighted by atomic mass is 10.2. The van der Waals surface area contributed by atoms with Gasteiger partial charge < -0.3 is 4.74 Å². The molecule has 84 valence electrons. The molecule has 2 aromatic rings. The molecule has 0 bridgehead atoms. The van der Waals surface area contributed by atoms with Crippen molar-refractivity contribution in [3.05, 3.63) is 32.8 Å². The van der Waals surface area contributed by atoms with Crippen molar-refractivity contribution >= 4 is 34.1 Å². The first kappa shape index (κ1) is 11.2. The summed E-state index contributed by atoms with van der Waals surface area (Å²) in [5.74, 6) is 0.492. The van der Waals surface area contributed by atoms with Crippen LogP contribution in [0.1, 0.15) is 0 Å². The fourth-order valence-corrected chi connectivity index (χ4v) is 1.93. The molecule has 0 amide bonds. The summed E-state index contributed by atoms with van der Waals surface area (Å²) in [7, 11) is 3.12. The Labute approximate surface area is 101 Å². The normalized spacial score (nSPS) is 10.8. The van der Waals surface area contributed by atoms with Gasteiger partial charge in [0.2, 0.25) is 0 Å². The zero-order valence-corrected chi connectivity index (χ0v) is 10.1. The van der Waals surface area contributed by atoms with E-state index in [1.807, 2.05) is 0 Å². The van der Waals surface area contributed by atoms with Crippen LogP contribution in [0.2, 0.25) is 10.2 Å². The van der Waals surface area contributed by atoms with E-state index in [0.29, 0.717) is 21.7 Å². The van der Waals surface area contributed by atoms with E-state index in [-0.39, 0.29) is 5.15 Å². The minimum absolute atomic E-state index is 0.141. The Morgan fingerprint density at radius 1 is 1.38 bits per heavy atom. The van der Waals surface area contributed by atoms with E-state index in [1.165, 1.54) is 11.7 Å². The van der Waals surface area contributed by atoms with Crippen LogP contribution in [-0.2, 0) is 7.05 Å². The molecule has 4 nitrogen and oxygen atoms in total. The predicted octanol–water partition coefficient (Wildman–Crippen LogP) is 2.25. The molecular formula is C10H8Cl2N2O2. The molecule has 0 aliphatic carbocycles. The van der Waals surface area contributed by atoms with Gasteiger partial charge in [0.15, 0.2) is 0 Å². The van der Waals surface area contributed by atoms with Crippen LogP contribution in [0.25, 0.3) is 10.9 Å². The maximum absolute atomic E-state index is 11.4. The van der Waals surface area contributed by atoms with Crippen molar-refractivity contribution < 1.29 is 4.74 Å². The van der Waals surface area contributed by atoms with Gasteiger partial charge in [-0.05, 0) is 6.07 Å². The Morgan fingerprint density at radius 2 is 2.06 bits per heavy atom. The largest absolute Gasteiger partial charge is 0.495 e. The van der Waals surface area contributed by atoms with Gasteiger partial charge in [0, 0.05) is 18.5 Å². The second-order valence-electron chi connectivity index (χ2n) is 3.25. The lowest BCUT2D eigenvalue weighted by Crippen LogP contribution is -2.20. The summed E-state index contributed by atoms with van der Waals surface area (Å²) in [6.45, 7) is 0. The Bertz CT molecular complexity index is 622. The predicted molar refractivity (Wildman–Crippen MR) is 63.6 cm³/mol. The number of halogens is 2. The van der Waals surface area contributed by atoms with Crippen molar-refractivity contribution in [3.63, 3.8) is 0 Å². The maximum atomic E-state index is 11.4. The lowest BCUT2D eigenvalue weighted by Gasteiger charge is -2.09. The third-order valence-corrected chi connectivity index (χ3v) is 2.92. The third-order valence-electron chi connectivity index (χ3n) is 2.33. The van der Waals surface area contributed by atoms with Crippen molar-refractivity contribution in [1.29, 1.82) is 0 Å². The second kappa shape index (κ2) is 3.96. The minimum Gasteiger partial charge on any atom is -0.495 e. The van der Waals surface area contributed by atoms with Crippen molar-refractivity contribution in [1.82, 2.24) is 9.55 Å². The first-order valence-electron chi connectivity index (χ1n) is 4.44. The summed E-state index contributed by atoms with van der Waals surface area (Å²) >= 11 is 11.8. The molecule has 6 heteroatoms. The fraction of sp³-hybridized carbons (Fsp3) is 0.200. The molecule has 0 aliphatic rings. The summed E-state index contributed by atoms with van der Waals surface area (Å²) in [5, 5.41) is 1.19. The molecule has 1 aromatic carbocycles. The molecule has 0 saturated heterocycles. The summed E-state index contributed by atoms with van der Waals surface area (Å²) < 4.78 is 6.47. The molecule has 0 radical (unpaired) electrons. The molecule has 16 heavy (non-hydrogen) atoms. The second-order valence-corrected chi connectivity index (χ2v) is 4.01. The summed E-state index contributed by atoms with van der Waals surface area (Å²) in [6.07, 6.45) is 0. The van der Waals surface area contributed by atoms with Gasteiger partial charge in [-0.15, -0.1) is 0 Å². The molecule has 0 fully saturated rings. The van der Waals surface area contributed by atoms with Crippen LogP contribution in [-0.4, -0.2) is 16.7 Å². The van der Waals surface area contributed by atoms with Crippen LogP contribution in [0.5, 0.6) is 5.75 Å². The van der Waals surface area contributed by atoms with E-state index in [2.05, 4.69) is 4.98 Å². The molecule has 2 rings (SSSR count). The van der Waals surface area contributed by atoms with Crippen molar-refractivity contribution in [3.8, 4) is 5.75 Å². The van der Waals surface area contributed by atoms with E-state index in [9.17, 15) is 4.79 Å². The quantitative estimate of drug-likeness (QED) is 0.738. The molecule has 0 spiro atoms. The Kier molecular flexibility index (Phi) is 2.78. The topological polar surface area (TPSA) is 44.1 Å². The number of rotatable bonds is 1. The number of aryl methyl sites for hydroxylation is 1. The monoisotopic (exact) mass is 258 g/mol. The number of hydrogen-bond acceptors (Lipinski definition) is 3. The highest BCUT2D eigenvalue weighted by molar-refractivity contribution is 6.36. The van der Waals surface area contributed by atoms with Gasteiger partial charge in [-0.1, -0.05) is 23.2 Å². The lowest BCUT2D eigenvalue weighted by molar-refractivity contribution is 0.415. The first-order valence-corrected chi connectivity index (χ1v) is 5.20. The highest BCUT2D eigenvalue weighted by Crippen LogP contribution is 2.31. The van der Waals surface area contributed by atoms with E-state index < -0.39 is 5.69 Å². The van der Waals surface area contributed by atoms with E-state index in [4.69, 9.17) is 27.9 Å². The Balaban J connectivity index is 2.96. The van der Waals surface area contributed by atoms with Gasteiger partial charge in [-0.3, -0.25) is 4.57 Å². The molecule has 0 saturated carbocycles. The smallest absolute Gasteiger partial charge is 0.349 e. The Morgan fingerprint density at radius 3 is 2.69 bits per heavy atom. The standard InChI is InChI=1S/C10H8Cl2N2O2/c1-14-7-4-8(16-2)6(11)3-5(7)9(12)13-10(14)15/h3-4H,1-2H3. The molecule has 1 aromatic heterocycles. The number of nitrogens with zero attached hydrogens (tertiary/aromatic N) is 2. The van der Waals surface area contributed by atoms with Crippen LogP contribution in [0.4, 0.5) is 0 Å². The molecule has 0 unspecified atom stereocenters. The molecular weight excluding hydrogens is 251 g/mol. The van der Waals surface area contributed by atoms with Crippen LogP contribution < -0.4 is 10.4 Å². The van der Waals surface area contributed by atoms with Crippen LogP contribution in [0.15, 0.2) is 16.9 Å². The van der Waals surface area contributed by atoms with Crippen molar-refractivity contribution in [2.75, 3.05) is 7.11 Å². The van der Waals surface area contributed by atoms with Gasteiger partial charge in [0.1, 0.15) is 10.9 Å². The zero-order chi connectivity index (χ0) is 11.9. The first-order chi connectivity index (χ1) is 7.54. The van der Waals surface area contributed by atoms with Crippen molar-refractivity contribution in [2.24, 2.45) is 7.05 Å². The number of ether oxygens (including phenoxy) is 1. The summed E-state index contributed by atoms with van der Waals surface area (Å²) in [4.78, 5) is 15.1. The van der Waals surface area contributed by atoms with Crippen LogP contribution in [0.3, 0.4) is 0 Å². The van der Waals surface area contributed by atoms with Gasteiger partial charge >= 0.3 is 5.69 Å². The highest BCUT2D eigenvalue weighted by Gasteiger charge is 2.10. The van der Waals surface area contributed by atoms with Gasteiger partial charge in [0.25, 0.3) is 0 Å². The van der Waals surface area contributed by atoms with Crippen molar-refractivity contribution in [2.45, 2.75) is 0 Å². The molecule has 0 atom stereocenters. The highest BCUT2D eigenvalue weighted by atomic mass is 35.5. The fourth-order valence-electron chi connectivity index (χ4n) is 1.46. The number of aromatic nitrogens is 2. The average Bonchev–Trinajstić information content (AvgIpc) is 2.25. The van der Waals surface area contributed by atoms with Gasteiger partial charge in [-0.25, -0.2) is 4.79 Å². The third kappa shape index (κ3) is 1.64. The minimum atomic E-state index is -0.415. The van der Waals surface area contributed by atoms with E-state index in [0.717, 1.165) is 0 Å². The SMILES string of the molecule is COc1cc2c(cc1Cl)c(Cl)nc(=O)n2C. The average molecular weight is 259 g/mol. The molecule has 0 aliphatic heterocycles. The number of methoxy groups -OCH3 is 1. The maximum Gasteiger partial charge on any atom is 0.349 e. The zero-order valence-electron chi connectivity index (χ0n) is 8.62. The van der Waals surface area contributed by atoms with Crippen LogP contribution in [0, 0.1) is 0 Å². The number of fused-ring (bicyclic) bond motifs is 1. The number of hydrogen-bond donors (Lipinski definition) is 0. The van der Waals surface area contributed by atoms with E-state index in [1.54, 1.807) is 19.2 Å². The number of benzene rings is 1. The van der Waals surface area contributed by atoms with Gasteiger partial charge in [0.05, 0.1) is 17.6 Å².